The van der Waals surface area contributed by atoms with E-state index in [0.717, 1.165) is 11.1 Å². The lowest BCUT2D eigenvalue weighted by Gasteiger charge is -2.34. The van der Waals surface area contributed by atoms with E-state index >= 15 is 0 Å². The summed E-state index contributed by atoms with van der Waals surface area (Å²) in [4.78, 5) is 39.8. The maximum absolute atomic E-state index is 13.7. The third kappa shape index (κ3) is 7.50. The zero-order valence-electron chi connectivity index (χ0n) is 20.3. The molecule has 2 amide bonds. The van der Waals surface area contributed by atoms with Crippen LogP contribution >= 0.6 is 0 Å². The Labute approximate surface area is 205 Å². The molecule has 182 valence electrons. The lowest BCUT2D eigenvalue weighted by atomic mass is 9.99. The molecule has 0 radical (unpaired) electrons. The summed E-state index contributed by atoms with van der Waals surface area (Å²) >= 11 is 0. The van der Waals surface area contributed by atoms with Crippen LogP contribution < -0.4 is 5.32 Å². The van der Waals surface area contributed by atoms with Crippen LogP contribution in [0.2, 0.25) is 0 Å². The van der Waals surface area contributed by atoms with Crippen LogP contribution in [0.5, 0.6) is 0 Å². The molecule has 0 aromatic heterocycles. The van der Waals surface area contributed by atoms with Crippen molar-refractivity contribution >= 4 is 17.5 Å². The van der Waals surface area contributed by atoms with Crippen molar-refractivity contribution in [2.24, 2.45) is 0 Å². The molecule has 3 aromatic carbocycles. The second-order valence-corrected chi connectivity index (χ2v) is 9.51. The van der Waals surface area contributed by atoms with E-state index in [2.05, 4.69) is 5.32 Å². The summed E-state index contributed by atoms with van der Waals surface area (Å²) in [5.74, 6) is -0.624. The normalized spacial score (nSPS) is 12.0. The molecule has 0 saturated carbocycles. The van der Waals surface area contributed by atoms with Crippen molar-refractivity contribution in [3.8, 4) is 0 Å². The second-order valence-electron chi connectivity index (χ2n) is 9.51. The fraction of sp³-hybridized carbons (Fsp3) is 0.286. The zero-order valence-corrected chi connectivity index (χ0v) is 20.3. The highest BCUT2D eigenvalue weighted by atomic mass is 16.6. The number of nitro groups is 1. The molecule has 0 saturated heterocycles. The number of hydrogen-bond acceptors (Lipinski definition) is 4. The third-order valence-electron chi connectivity index (χ3n) is 5.50. The van der Waals surface area contributed by atoms with E-state index in [0.29, 0.717) is 12.0 Å². The van der Waals surface area contributed by atoms with Gasteiger partial charge in [-0.3, -0.25) is 19.7 Å². The SMILES string of the molecule is CC(C)(C)NC(=O)[C@@H](Cc1ccccc1)N(Cc1ccccc1)C(=O)Cc1ccccc1[N+](=O)[O-]. The molecule has 7 heteroatoms. The van der Waals surface area contributed by atoms with Crippen molar-refractivity contribution in [1.29, 1.82) is 0 Å². The molecule has 0 heterocycles. The largest absolute Gasteiger partial charge is 0.350 e. The molecule has 7 nitrogen and oxygen atoms in total. The number of carbonyl (C=O) groups is 2. The lowest BCUT2D eigenvalue weighted by Crippen LogP contribution is -2.54. The Morgan fingerprint density at radius 3 is 2.00 bits per heavy atom. The number of benzene rings is 3. The van der Waals surface area contributed by atoms with Gasteiger partial charge in [0.05, 0.1) is 11.3 Å². The van der Waals surface area contributed by atoms with Crippen LogP contribution in [0.15, 0.2) is 84.9 Å². The maximum atomic E-state index is 13.7. The molecule has 0 aliphatic rings. The first-order chi connectivity index (χ1) is 16.6. The number of nitrogens with zero attached hydrogens (tertiary/aromatic N) is 2. The van der Waals surface area contributed by atoms with Gasteiger partial charge in [0, 0.05) is 30.1 Å². The number of rotatable bonds is 9. The molecule has 1 atom stereocenters. The predicted molar refractivity (Wildman–Crippen MR) is 136 cm³/mol. The van der Waals surface area contributed by atoms with Crippen molar-refractivity contribution in [3.05, 3.63) is 112 Å². The number of carbonyl (C=O) groups excluding carboxylic acids is 2. The lowest BCUT2D eigenvalue weighted by molar-refractivity contribution is -0.385. The molecule has 1 N–H and O–H groups in total. The van der Waals surface area contributed by atoms with Crippen molar-refractivity contribution in [1.82, 2.24) is 10.2 Å². The van der Waals surface area contributed by atoms with Gasteiger partial charge in [-0.05, 0) is 31.9 Å². The van der Waals surface area contributed by atoms with Gasteiger partial charge in [-0.15, -0.1) is 0 Å². The number of amides is 2. The molecule has 35 heavy (non-hydrogen) atoms. The first-order valence-electron chi connectivity index (χ1n) is 11.6. The summed E-state index contributed by atoms with van der Waals surface area (Å²) in [6.45, 7) is 5.87. The highest BCUT2D eigenvalue weighted by Crippen LogP contribution is 2.22. The summed E-state index contributed by atoms with van der Waals surface area (Å²) in [6.07, 6.45) is 0.135. The first kappa shape index (κ1) is 25.6. The van der Waals surface area contributed by atoms with Gasteiger partial charge < -0.3 is 10.2 Å². The van der Waals surface area contributed by atoms with Crippen molar-refractivity contribution in [3.63, 3.8) is 0 Å². The van der Waals surface area contributed by atoms with Crippen LogP contribution in [-0.4, -0.2) is 33.2 Å². The van der Waals surface area contributed by atoms with Crippen LogP contribution in [0.3, 0.4) is 0 Å². The molecule has 0 bridgehead atoms. The summed E-state index contributed by atoms with van der Waals surface area (Å²) in [7, 11) is 0. The Hall–Kier alpha value is -4.00. The maximum Gasteiger partial charge on any atom is 0.273 e. The van der Waals surface area contributed by atoms with Gasteiger partial charge in [-0.1, -0.05) is 78.9 Å². The first-order valence-corrected chi connectivity index (χ1v) is 11.6. The van der Waals surface area contributed by atoms with Crippen molar-refractivity contribution < 1.29 is 14.5 Å². The van der Waals surface area contributed by atoms with E-state index in [9.17, 15) is 19.7 Å². The van der Waals surface area contributed by atoms with Gasteiger partial charge >= 0.3 is 0 Å². The Morgan fingerprint density at radius 2 is 1.43 bits per heavy atom. The van der Waals surface area contributed by atoms with Crippen LogP contribution in [-0.2, 0) is 29.0 Å². The summed E-state index contributed by atoms with van der Waals surface area (Å²) in [5, 5.41) is 14.5. The zero-order chi connectivity index (χ0) is 25.4. The summed E-state index contributed by atoms with van der Waals surface area (Å²) < 4.78 is 0. The van der Waals surface area contributed by atoms with Crippen LogP contribution in [0.1, 0.15) is 37.5 Å². The van der Waals surface area contributed by atoms with Gasteiger partial charge in [0.1, 0.15) is 6.04 Å². The van der Waals surface area contributed by atoms with Crippen molar-refractivity contribution in [2.75, 3.05) is 0 Å². The summed E-state index contributed by atoms with van der Waals surface area (Å²) in [6, 6.07) is 24.4. The number of nitro benzene ring substituents is 1. The highest BCUT2D eigenvalue weighted by molar-refractivity contribution is 5.89. The molecule has 0 aliphatic carbocycles. The third-order valence-corrected chi connectivity index (χ3v) is 5.50. The van der Waals surface area contributed by atoms with Gasteiger partial charge in [-0.2, -0.15) is 0 Å². The minimum Gasteiger partial charge on any atom is -0.350 e. The van der Waals surface area contributed by atoms with Gasteiger partial charge in [0.15, 0.2) is 0 Å². The standard InChI is InChI=1S/C28H31N3O4/c1-28(2,3)29-27(33)25(18-21-12-6-4-7-13-21)30(20-22-14-8-5-9-15-22)26(32)19-23-16-10-11-17-24(23)31(34)35/h4-17,25H,18-20H2,1-3H3,(H,29,33)/t25-/m1/s1. The Morgan fingerprint density at radius 1 is 0.886 bits per heavy atom. The van der Waals surface area contributed by atoms with Gasteiger partial charge in [0.25, 0.3) is 5.69 Å². The monoisotopic (exact) mass is 473 g/mol. The van der Waals surface area contributed by atoms with Crippen molar-refractivity contribution in [2.45, 2.75) is 51.7 Å². The molecule has 0 unspecified atom stereocenters. The second kappa shape index (κ2) is 11.4. The fourth-order valence-corrected chi connectivity index (χ4v) is 3.89. The minimum absolute atomic E-state index is 0.112. The minimum atomic E-state index is -0.799. The van der Waals surface area contributed by atoms with Gasteiger partial charge in [-0.25, -0.2) is 0 Å². The number of nitrogens with one attached hydrogen (secondary N) is 1. The molecule has 0 fully saturated rings. The molecular weight excluding hydrogens is 442 g/mol. The van der Waals surface area contributed by atoms with E-state index in [1.54, 1.807) is 23.1 Å². The molecule has 0 aliphatic heterocycles. The topological polar surface area (TPSA) is 92.6 Å². The Kier molecular flexibility index (Phi) is 8.36. The van der Waals surface area contributed by atoms with E-state index < -0.39 is 16.5 Å². The van der Waals surface area contributed by atoms with Crippen LogP contribution in [0.4, 0.5) is 5.69 Å². The molecular formula is C28H31N3O4. The van der Waals surface area contributed by atoms with Gasteiger partial charge in [0.2, 0.25) is 11.8 Å². The predicted octanol–water partition coefficient (Wildman–Crippen LogP) is 4.69. The fourth-order valence-electron chi connectivity index (χ4n) is 3.89. The average molecular weight is 474 g/mol. The van der Waals surface area contributed by atoms with E-state index in [1.165, 1.54) is 6.07 Å². The quantitative estimate of drug-likeness (QED) is 0.360. The van der Waals surface area contributed by atoms with E-state index in [1.807, 2.05) is 81.4 Å². The van der Waals surface area contributed by atoms with E-state index in [-0.39, 0.29) is 30.5 Å². The Balaban J connectivity index is 2.01. The smallest absolute Gasteiger partial charge is 0.273 e. The Bertz CT molecular complexity index is 1160. The number of hydrogen-bond donors (Lipinski definition) is 1. The summed E-state index contributed by atoms with van der Waals surface area (Å²) in [5.41, 5.74) is 1.49. The molecule has 3 aromatic rings. The molecule has 3 rings (SSSR count). The van der Waals surface area contributed by atoms with Crippen LogP contribution in [0.25, 0.3) is 0 Å². The van der Waals surface area contributed by atoms with Crippen LogP contribution in [0, 0.1) is 10.1 Å². The molecule has 0 spiro atoms. The number of para-hydroxylation sites is 1. The van der Waals surface area contributed by atoms with E-state index in [4.69, 9.17) is 0 Å². The average Bonchev–Trinajstić information content (AvgIpc) is 2.81. The highest BCUT2D eigenvalue weighted by Gasteiger charge is 2.33.